The molecule has 3 rings (SSSR count). The van der Waals surface area contributed by atoms with Gasteiger partial charge in [0, 0.05) is 5.02 Å². The van der Waals surface area contributed by atoms with E-state index >= 15 is 0 Å². The molecule has 112 valence electrons. The average Bonchev–Trinajstić information content (AvgIpc) is 2.88. The summed E-state index contributed by atoms with van der Waals surface area (Å²) in [6.07, 6.45) is 5.13. The van der Waals surface area contributed by atoms with E-state index < -0.39 is 14.6 Å². The molecule has 0 aromatic heterocycles. The monoisotopic (exact) mass is 343 g/mol. The van der Waals surface area contributed by atoms with Crippen LogP contribution < -0.4 is 0 Å². The Balaban J connectivity index is 2.02. The van der Waals surface area contributed by atoms with E-state index in [1.807, 2.05) is 0 Å². The molecule has 0 aliphatic heterocycles. The topological polar surface area (TPSA) is 57.9 Å². The molecule has 0 saturated heterocycles. The summed E-state index contributed by atoms with van der Waals surface area (Å²) in [6, 6.07) is 6.41. The number of nitrogens with zero attached hydrogens (tertiary/aromatic N) is 1. The maximum absolute atomic E-state index is 12.9. The van der Waals surface area contributed by atoms with Crippen LogP contribution >= 0.6 is 23.2 Å². The predicted octanol–water partition coefficient (Wildman–Crippen LogP) is 4.38. The van der Waals surface area contributed by atoms with Gasteiger partial charge in [0.05, 0.1) is 16.0 Å². The predicted molar refractivity (Wildman–Crippen MR) is 82.1 cm³/mol. The van der Waals surface area contributed by atoms with Crippen molar-refractivity contribution < 1.29 is 8.42 Å². The molecule has 1 aromatic carbocycles. The van der Waals surface area contributed by atoms with Gasteiger partial charge >= 0.3 is 0 Å². The van der Waals surface area contributed by atoms with E-state index in [0.717, 1.165) is 25.7 Å². The van der Waals surface area contributed by atoms with Crippen LogP contribution in [0.2, 0.25) is 10.0 Å². The van der Waals surface area contributed by atoms with Crippen molar-refractivity contribution in [3.8, 4) is 6.07 Å². The van der Waals surface area contributed by atoms with E-state index in [2.05, 4.69) is 6.07 Å². The third-order valence-corrected chi connectivity index (χ3v) is 7.89. The van der Waals surface area contributed by atoms with Crippen LogP contribution in [0.25, 0.3) is 0 Å². The molecule has 0 N–H and O–H groups in total. The maximum atomic E-state index is 12.9. The number of hydrogen-bond acceptors (Lipinski definition) is 3. The Bertz CT molecular complexity index is 723. The van der Waals surface area contributed by atoms with Crippen LogP contribution in [0.1, 0.15) is 38.5 Å². The first-order valence-electron chi connectivity index (χ1n) is 6.95. The minimum absolute atomic E-state index is 0.0222. The van der Waals surface area contributed by atoms with Gasteiger partial charge in [0.25, 0.3) is 0 Å². The number of benzene rings is 1. The minimum atomic E-state index is -3.81. The van der Waals surface area contributed by atoms with E-state index in [-0.39, 0.29) is 15.3 Å². The van der Waals surface area contributed by atoms with Crippen molar-refractivity contribution in [3.05, 3.63) is 28.2 Å². The van der Waals surface area contributed by atoms with Crippen LogP contribution in [0.4, 0.5) is 0 Å². The lowest BCUT2D eigenvalue weighted by Gasteiger charge is -2.50. The first-order chi connectivity index (χ1) is 9.84. The highest BCUT2D eigenvalue weighted by Gasteiger charge is 2.63. The van der Waals surface area contributed by atoms with Crippen molar-refractivity contribution in [1.82, 2.24) is 0 Å². The zero-order valence-corrected chi connectivity index (χ0v) is 13.7. The van der Waals surface area contributed by atoms with E-state index in [1.165, 1.54) is 12.1 Å². The summed E-state index contributed by atoms with van der Waals surface area (Å²) in [5, 5.41) is 9.96. The summed E-state index contributed by atoms with van der Waals surface area (Å²) in [5.41, 5.74) is 0.0495. The molecule has 2 fully saturated rings. The molecule has 0 atom stereocenters. The standard InChI is InChI=1S/C15H15Cl2NO2S/c16-11-3-4-12(17)13(7-11)21(19,20)15(10-18)8-14(9-15)5-1-2-6-14/h3-4,7H,1-2,5-6,8-9H2. The first-order valence-corrected chi connectivity index (χ1v) is 9.19. The molecule has 21 heavy (non-hydrogen) atoms. The summed E-state index contributed by atoms with van der Waals surface area (Å²) < 4.78 is 24.5. The lowest BCUT2D eigenvalue weighted by atomic mass is 9.61. The van der Waals surface area contributed by atoms with Crippen LogP contribution in [0.3, 0.4) is 0 Å². The summed E-state index contributed by atoms with van der Waals surface area (Å²) in [4.78, 5) is -0.0222. The second-order valence-corrected chi connectivity index (χ2v) is 9.32. The molecule has 0 unspecified atom stereocenters. The molecule has 2 saturated carbocycles. The van der Waals surface area contributed by atoms with Gasteiger partial charge in [-0.3, -0.25) is 0 Å². The van der Waals surface area contributed by atoms with Gasteiger partial charge in [-0.2, -0.15) is 5.26 Å². The van der Waals surface area contributed by atoms with Crippen molar-refractivity contribution >= 4 is 33.0 Å². The Morgan fingerprint density at radius 3 is 2.33 bits per heavy atom. The zero-order chi connectivity index (χ0) is 15.3. The van der Waals surface area contributed by atoms with Crippen LogP contribution in [0, 0.1) is 16.7 Å². The Morgan fingerprint density at radius 1 is 1.14 bits per heavy atom. The quantitative estimate of drug-likeness (QED) is 0.800. The van der Waals surface area contributed by atoms with Crippen molar-refractivity contribution in [2.45, 2.75) is 48.2 Å². The van der Waals surface area contributed by atoms with Gasteiger partial charge in [-0.05, 0) is 49.3 Å². The Morgan fingerprint density at radius 2 is 1.76 bits per heavy atom. The van der Waals surface area contributed by atoms with Crippen LogP contribution in [0.15, 0.2) is 23.1 Å². The van der Waals surface area contributed by atoms with E-state index in [9.17, 15) is 13.7 Å². The summed E-state index contributed by atoms with van der Waals surface area (Å²) in [7, 11) is -3.81. The maximum Gasteiger partial charge on any atom is 0.198 e. The fraction of sp³-hybridized carbons (Fsp3) is 0.533. The third-order valence-electron chi connectivity index (χ3n) is 4.89. The van der Waals surface area contributed by atoms with Gasteiger partial charge in [-0.25, -0.2) is 8.42 Å². The third kappa shape index (κ3) is 2.18. The van der Waals surface area contributed by atoms with Gasteiger partial charge in [0.15, 0.2) is 14.6 Å². The number of halogens is 2. The van der Waals surface area contributed by atoms with Crippen molar-refractivity contribution in [2.75, 3.05) is 0 Å². The number of hydrogen-bond donors (Lipinski definition) is 0. The highest BCUT2D eigenvalue weighted by Crippen LogP contribution is 2.61. The molecule has 0 radical (unpaired) electrons. The van der Waals surface area contributed by atoms with Crippen molar-refractivity contribution in [3.63, 3.8) is 0 Å². The summed E-state index contributed by atoms with van der Waals surface area (Å²) in [6.45, 7) is 0. The van der Waals surface area contributed by atoms with Crippen molar-refractivity contribution in [1.29, 1.82) is 5.26 Å². The molecule has 0 heterocycles. The summed E-state index contributed by atoms with van der Waals surface area (Å²) >= 11 is 11.9. The second-order valence-electron chi connectivity index (χ2n) is 6.24. The Kier molecular flexibility index (Phi) is 3.52. The van der Waals surface area contributed by atoms with Gasteiger partial charge in [-0.15, -0.1) is 0 Å². The highest BCUT2D eigenvalue weighted by atomic mass is 35.5. The van der Waals surface area contributed by atoms with Gasteiger partial charge in [0.2, 0.25) is 0 Å². The van der Waals surface area contributed by atoms with Crippen LogP contribution in [0.5, 0.6) is 0 Å². The molecular weight excluding hydrogens is 329 g/mol. The molecule has 2 aliphatic carbocycles. The number of sulfone groups is 1. The molecule has 0 bridgehead atoms. The normalized spacial score (nSPS) is 22.7. The zero-order valence-electron chi connectivity index (χ0n) is 11.4. The van der Waals surface area contributed by atoms with E-state index in [1.54, 1.807) is 6.07 Å². The lowest BCUT2D eigenvalue weighted by molar-refractivity contribution is 0.113. The molecule has 0 amide bonds. The second kappa shape index (κ2) is 4.87. The fourth-order valence-electron chi connectivity index (χ4n) is 3.86. The lowest BCUT2D eigenvalue weighted by Crippen LogP contribution is -2.54. The number of nitriles is 1. The molecule has 6 heteroatoms. The smallest absolute Gasteiger partial charge is 0.198 e. The molecule has 1 aromatic rings. The Labute approximate surface area is 134 Å². The van der Waals surface area contributed by atoms with E-state index in [4.69, 9.17) is 23.2 Å². The summed E-state index contributed by atoms with van der Waals surface area (Å²) in [5.74, 6) is 0. The average molecular weight is 344 g/mol. The van der Waals surface area contributed by atoms with Gasteiger partial charge in [-0.1, -0.05) is 36.0 Å². The molecular formula is C15H15Cl2NO2S. The minimum Gasteiger partial charge on any atom is -0.222 e. The van der Waals surface area contributed by atoms with Gasteiger partial charge < -0.3 is 0 Å². The van der Waals surface area contributed by atoms with E-state index in [0.29, 0.717) is 17.9 Å². The van der Waals surface area contributed by atoms with Crippen LogP contribution in [-0.4, -0.2) is 13.2 Å². The highest BCUT2D eigenvalue weighted by molar-refractivity contribution is 7.93. The van der Waals surface area contributed by atoms with Crippen molar-refractivity contribution in [2.24, 2.45) is 5.41 Å². The fourth-order valence-corrected chi connectivity index (χ4v) is 6.66. The molecule has 1 spiro atoms. The van der Waals surface area contributed by atoms with Crippen LogP contribution in [-0.2, 0) is 9.84 Å². The SMILES string of the molecule is N#CC1(S(=O)(=O)c2cc(Cl)ccc2Cl)CC2(CCCC2)C1. The largest absolute Gasteiger partial charge is 0.222 e. The van der Waals surface area contributed by atoms with Gasteiger partial charge in [0.1, 0.15) is 0 Å². The molecule has 2 aliphatic rings. The Hall–Kier alpha value is -0.760. The number of rotatable bonds is 2. The first kappa shape index (κ1) is 15.1. The molecule has 3 nitrogen and oxygen atoms in total.